The van der Waals surface area contributed by atoms with E-state index in [9.17, 15) is 4.79 Å². The van der Waals surface area contributed by atoms with Gasteiger partial charge < -0.3 is 19.6 Å². The molecule has 6 nitrogen and oxygen atoms in total. The van der Waals surface area contributed by atoms with Crippen LogP contribution in [0.25, 0.3) is 0 Å². The molecule has 2 unspecified atom stereocenters. The molecule has 0 aliphatic carbocycles. The first-order chi connectivity index (χ1) is 12.0. The Morgan fingerprint density at radius 1 is 1.40 bits per heavy atom. The highest BCUT2D eigenvalue weighted by molar-refractivity contribution is 5.87. The molecule has 0 saturated carbocycles. The Balaban J connectivity index is 1.79. The molecular weight excluding hydrogens is 320 g/mol. The smallest absolute Gasteiger partial charge is 0.337 e. The number of aromatic amines is 1. The van der Waals surface area contributed by atoms with Crippen LogP contribution in [0, 0.1) is 0 Å². The number of aromatic carboxylic acids is 1. The van der Waals surface area contributed by atoms with Gasteiger partial charge in [-0.2, -0.15) is 0 Å². The Hall–Kier alpha value is -2.34. The lowest BCUT2D eigenvalue weighted by Gasteiger charge is -2.16. The molecular formula is C19H26N2O4. The standard InChI is InChI=1S/C19H26N2O4/c1-4-18(16-8-7-14(11-20-16)19(22)23)25-9-5-6-13(2)17-10-15(24-3)12-21-17/h7-8,10-13,18,21H,4-6,9H2,1-3H3,(H,22,23). The predicted octanol–water partition coefficient (Wildman–Crippen LogP) is 4.17. The lowest BCUT2D eigenvalue weighted by atomic mass is 10.0. The predicted molar refractivity (Wildman–Crippen MR) is 95.2 cm³/mol. The summed E-state index contributed by atoms with van der Waals surface area (Å²) in [5, 5.41) is 8.93. The third kappa shape index (κ3) is 5.32. The number of hydrogen-bond acceptors (Lipinski definition) is 4. The Morgan fingerprint density at radius 2 is 2.20 bits per heavy atom. The van der Waals surface area contributed by atoms with Crippen LogP contribution >= 0.6 is 0 Å². The number of carbonyl (C=O) groups is 1. The number of pyridine rings is 1. The minimum atomic E-state index is -0.969. The van der Waals surface area contributed by atoms with Crippen LogP contribution < -0.4 is 4.74 Å². The van der Waals surface area contributed by atoms with Gasteiger partial charge in [0.1, 0.15) is 5.75 Å². The van der Waals surface area contributed by atoms with Crippen molar-refractivity contribution in [3.8, 4) is 5.75 Å². The molecule has 0 amide bonds. The molecule has 0 spiro atoms. The fourth-order valence-corrected chi connectivity index (χ4v) is 2.70. The quantitative estimate of drug-likeness (QED) is 0.631. The van der Waals surface area contributed by atoms with Crippen molar-refractivity contribution in [3.05, 3.63) is 47.5 Å². The van der Waals surface area contributed by atoms with Gasteiger partial charge in [-0.05, 0) is 37.3 Å². The number of methoxy groups -OCH3 is 1. The summed E-state index contributed by atoms with van der Waals surface area (Å²) < 4.78 is 11.1. The van der Waals surface area contributed by atoms with E-state index >= 15 is 0 Å². The number of hydrogen-bond donors (Lipinski definition) is 2. The molecule has 25 heavy (non-hydrogen) atoms. The molecule has 2 aromatic rings. The first kappa shape index (κ1) is 19.0. The van der Waals surface area contributed by atoms with Crippen LogP contribution in [0.4, 0.5) is 0 Å². The highest BCUT2D eigenvalue weighted by Crippen LogP contribution is 2.24. The maximum atomic E-state index is 10.9. The van der Waals surface area contributed by atoms with Gasteiger partial charge >= 0.3 is 5.97 Å². The fraction of sp³-hybridized carbons (Fsp3) is 0.474. The summed E-state index contributed by atoms with van der Waals surface area (Å²) in [6.07, 6.45) is 5.87. The highest BCUT2D eigenvalue weighted by Gasteiger charge is 2.13. The normalized spacial score (nSPS) is 13.4. The van der Waals surface area contributed by atoms with Gasteiger partial charge in [0.15, 0.2) is 0 Å². The number of carboxylic acids is 1. The van der Waals surface area contributed by atoms with Crippen LogP contribution in [-0.4, -0.2) is 34.8 Å². The summed E-state index contributed by atoms with van der Waals surface area (Å²) in [5.74, 6) is 0.281. The molecule has 0 radical (unpaired) electrons. The zero-order valence-electron chi connectivity index (χ0n) is 15.0. The van der Waals surface area contributed by atoms with Gasteiger partial charge in [0.05, 0.1) is 24.5 Å². The summed E-state index contributed by atoms with van der Waals surface area (Å²) in [4.78, 5) is 18.3. The molecule has 2 atom stereocenters. The first-order valence-corrected chi connectivity index (χ1v) is 8.58. The number of aromatic nitrogens is 2. The van der Waals surface area contributed by atoms with Gasteiger partial charge in [-0.1, -0.05) is 13.8 Å². The summed E-state index contributed by atoms with van der Waals surface area (Å²) >= 11 is 0. The van der Waals surface area contributed by atoms with Gasteiger partial charge in [0, 0.05) is 30.8 Å². The lowest BCUT2D eigenvalue weighted by Crippen LogP contribution is -2.08. The summed E-state index contributed by atoms with van der Waals surface area (Å²) in [6.45, 7) is 4.85. The Bertz CT molecular complexity index is 666. The molecule has 0 bridgehead atoms. The second kappa shape index (κ2) is 9.22. The van der Waals surface area contributed by atoms with Crippen molar-refractivity contribution in [3.63, 3.8) is 0 Å². The molecule has 2 aromatic heterocycles. The highest BCUT2D eigenvalue weighted by atomic mass is 16.5. The third-order valence-electron chi connectivity index (χ3n) is 4.28. The van der Waals surface area contributed by atoms with Gasteiger partial charge in [0.25, 0.3) is 0 Å². The molecule has 2 heterocycles. The topological polar surface area (TPSA) is 84.4 Å². The number of H-pyrrole nitrogens is 1. The second-order valence-electron chi connectivity index (χ2n) is 6.08. The number of carboxylic acid groups (broad SMARTS) is 1. The third-order valence-corrected chi connectivity index (χ3v) is 4.28. The minimum absolute atomic E-state index is 0.108. The Kier molecular flexibility index (Phi) is 7.01. The monoisotopic (exact) mass is 346 g/mol. The van der Waals surface area contributed by atoms with Crippen LogP contribution in [0.5, 0.6) is 5.75 Å². The SMILES string of the molecule is CCC(OCCCC(C)c1cc(OC)c[nH]1)c1ccc(C(=O)O)cn1. The Morgan fingerprint density at radius 3 is 2.76 bits per heavy atom. The average Bonchev–Trinajstić information content (AvgIpc) is 3.11. The van der Waals surface area contributed by atoms with E-state index < -0.39 is 5.97 Å². The fourth-order valence-electron chi connectivity index (χ4n) is 2.70. The Labute approximate surface area is 148 Å². The van der Waals surface area contributed by atoms with E-state index in [0.29, 0.717) is 12.5 Å². The molecule has 0 aliphatic heterocycles. The molecule has 2 rings (SSSR count). The summed E-state index contributed by atoms with van der Waals surface area (Å²) in [5.41, 5.74) is 2.12. The van der Waals surface area contributed by atoms with Crippen LogP contribution in [0.15, 0.2) is 30.6 Å². The lowest BCUT2D eigenvalue weighted by molar-refractivity contribution is 0.0439. The number of nitrogens with one attached hydrogen (secondary N) is 1. The molecule has 0 aliphatic rings. The van der Waals surface area contributed by atoms with Crippen molar-refractivity contribution < 1.29 is 19.4 Å². The first-order valence-electron chi connectivity index (χ1n) is 8.58. The summed E-state index contributed by atoms with van der Waals surface area (Å²) in [7, 11) is 1.66. The van der Waals surface area contributed by atoms with Crippen LogP contribution in [0.1, 0.15) is 66.9 Å². The van der Waals surface area contributed by atoms with Gasteiger partial charge in [0.2, 0.25) is 0 Å². The van der Waals surface area contributed by atoms with E-state index in [-0.39, 0.29) is 11.7 Å². The maximum Gasteiger partial charge on any atom is 0.337 e. The second-order valence-corrected chi connectivity index (χ2v) is 6.08. The van der Waals surface area contributed by atoms with E-state index in [0.717, 1.165) is 36.4 Å². The van der Waals surface area contributed by atoms with E-state index in [1.54, 1.807) is 19.2 Å². The largest absolute Gasteiger partial charge is 0.495 e. The van der Waals surface area contributed by atoms with Crippen LogP contribution in [-0.2, 0) is 4.74 Å². The average molecular weight is 346 g/mol. The van der Waals surface area contributed by atoms with E-state index in [1.165, 1.54) is 6.20 Å². The number of nitrogens with zero attached hydrogens (tertiary/aromatic N) is 1. The van der Waals surface area contributed by atoms with Gasteiger partial charge in [-0.25, -0.2) is 4.79 Å². The van der Waals surface area contributed by atoms with Crippen molar-refractivity contribution in [1.29, 1.82) is 0 Å². The zero-order chi connectivity index (χ0) is 18.2. The van der Waals surface area contributed by atoms with Gasteiger partial charge in [-0.3, -0.25) is 4.98 Å². The minimum Gasteiger partial charge on any atom is -0.495 e. The number of rotatable bonds is 10. The molecule has 2 N–H and O–H groups in total. The zero-order valence-corrected chi connectivity index (χ0v) is 15.0. The van der Waals surface area contributed by atoms with E-state index in [2.05, 4.69) is 16.9 Å². The van der Waals surface area contributed by atoms with Gasteiger partial charge in [-0.15, -0.1) is 0 Å². The van der Waals surface area contributed by atoms with Crippen LogP contribution in [0.3, 0.4) is 0 Å². The van der Waals surface area contributed by atoms with Crippen LogP contribution in [0.2, 0.25) is 0 Å². The van der Waals surface area contributed by atoms with E-state index in [1.807, 2.05) is 19.2 Å². The van der Waals surface area contributed by atoms with Crippen molar-refractivity contribution >= 4 is 5.97 Å². The van der Waals surface area contributed by atoms with E-state index in [4.69, 9.17) is 14.6 Å². The van der Waals surface area contributed by atoms with Crippen molar-refractivity contribution in [2.24, 2.45) is 0 Å². The molecule has 0 saturated heterocycles. The van der Waals surface area contributed by atoms with Crippen molar-refractivity contribution in [2.45, 2.75) is 45.1 Å². The summed E-state index contributed by atoms with van der Waals surface area (Å²) in [6, 6.07) is 5.32. The molecule has 136 valence electrons. The number of ether oxygens (including phenoxy) is 2. The molecule has 6 heteroatoms. The van der Waals surface area contributed by atoms with Crippen molar-refractivity contribution in [2.75, 3.05) is 13.7 Å². The molecule has 0 fully saturated rings. The van der Waals surface area contributed by atoms with Crippen molar-refractivity contribution in [1.82, 2.24) is 9.97 Å². The molecule has 0 aromatic carbocycles. The maximum absolute atomic E-state index is 10.9.